The minimum absolute atomic E-state index is 0.135. The van der Waals surface area contributed by atoms with Crippen molar-refractivity contribution in [2.75, 3.05) is 18.2 Å². The van der Waals surface area contributed by atoms with E-state index in [0.717, 1.165) is 5.56 Å². The number of esters is 1. The van der Waals surface area contributed by atoms with Crippen LogP contribution in [-0.2, 0) is 14.3 Å². The molecule has 10 heteroatoms. The third-order valence-corrected chi connectivity index (χ3v) is 5.62. The van der Waals surface area contributed by atoms with E-state index < -0.39 is 6.10 Å². The van der Waals surface area contributed by atoms with Gasteiger partial charge < -0.3 is 9.47 Å². The molecule has 1 unspecified atom stereocenters. The number of aryl methyl sites for hydroxylation is 1. The Morgan fingerprint density at radius 3 is 2.81 bits per heavy atom. The zero-order valence-corrected chi connectivity index (χ0v) is 16.8. The fraction of sp³-hybridized carbons (Fsp3) is 0.375. The molecule has 0 aliphatic carbocycles. The summed E-state index contributed by atoms with van der Waals surface area (Å²) in [7, 11) is 1.32. The molecule has 140 valence electrons. The molecule has 0 saturated carbocycles. The number of amides is 1. The molecule has 0 aliphatic rings. The molecule has 1 aromatic carbocycles. The summed E-state index contributed by atoms with van der Waals surface area (Å²) in [5, 5.41) is 11.5. The number of hydrogen-bond acceptors (Lipinski definition) is 8. The quantitative estimate of drug-likeness (QED) is 0.400. The van der Waals surface area contributed by atoms with Crippen LogP contribution in [0, 0.1) is 6.92 Å². The molecule has 1 aromatic heterocycles. The average molecular weight is 416 g/mol. The predicted octanol–water partition coefficient (Wildman–Crippen LogP) is 3.56. The number of nitrogens with zero attached hydrogens (tertiary/aromatic N) is 2. The van der Waals surface area contributed by atoms with Crippen molar-refractivity contribution < 1.29 is 19.1 Å². The molecule has 26 heavy (non-hydrogen) atoms. The summed E-state index contributed by atoms with van der Waals surface area (Å²) in [5.41, 5.74) is 0.871. The second kappa shape index (κ2) is 9.75. The smallest absolute Gasteiger partial charge is 0.316 e. The Hall–Kier alpha value is -1.84. The molecule has 0 bridgehead atoms. The Balaban J connectivity index is 1.95. The van der Waals surface area contributed by atoms with Gasteiger partial charge in [0.2, 0.25) is 5.13 Å². The van der Waals surface area contributed by atoms with Gasteiger partial charge in [-0.05, 0) is 37.1 Å². The summed E-state index contributed by atoms with van der Waals surface area (Å²) >= 11 is 8.37. The van der Waals surface area contributed by atoms with E-state index in [1.165, 1.54) is 30.2 Å². The van der Waals surface area contributed by atoms with E-state index in [-0.39, 0.29) is 17.6 Å². The maximum absolute atomic E-state index is 12.4. The van der Waals surface area contributed by atoms with Crippen molar-refractivity contribution in [3.63, 3.8) is 0 Å². The lowest BCUT2D eigenvalue weighted by Gasteiger charge is -2.16. The van der Waals surface area contributed by atoms with Crippen molar-refractivity contribution >= 4 is 51.7 Å². The molecule has 2 aromatic rings. The number of nitrogens with one attached hydrogen (secondary N) is 1. The molecule has 1 N–H and O–H groups in total. The zero-order valence-electron chi connectivity index (χ0n) is 14.4. The van der Waals surface area contributed by atoms with Gasteiger partial charge in [0.25, 0.3) is 5.91 Å². The van der Waals surface area contributed by atoms with Gasteiger partial charge in [-0.3, -0.25) is 14.9 Å². The molecule has 1 heterocycles. The molecular formula is C16H18ClN3O4S2. The van der Waals surface area contributed by atoms with Crippen LogP contribution in [-0.4, -0.2) is 41.0 Å². The number of anilines is 1. The normalized spacial score (nSPS) is 11.7. The first-order valence-electron chi connectivity index (χ1n) is 7.69. The first-order valence-corrected chi connectivity index (χ1v) is 9.87. The van der Waals surface area contributed by atoms with Gasteiger partial charge in [-0.2, -0.15) is 0 Å². The highest BCUT2D eigenvalue weighted by Crippen LogP contribution is 2.26. The van der Waals surface area contributed by atoms with Crippen LogP contribution in [0.15, 0.2) is 22.5 Å². The van der Waals surface area contributed by atoms with Crippen molar-refractivity contribution in [2.24, 2.45) is 0 Å². The lowest BCUT2D eigenvalue weighted by atomic mass is 10.2. The lowest BCUT2D eigenvalue weighted by molar-refractivity contribution is -0.137. The van der Waals surface area contributed by atoms with E-state index in [2.05, 4.69) is 20.3 Å². The van der Waals surface area contributed by atoms with Crippen LogP contribution in [0.5, 0.6) is 5.75 Å². The number of ether oxygens (including phenoxy) is 2. The van der Waals surface area contributed by atoms with Crippen LogP contribution in [0.1, 0.15) is 18.9 Å². The van der Waals surface area contributed by atoms with Crippen LogP contribution in [0.2, 0.25) is 5.02 Å². The number of methoxy groups -OCH3 is 1. The number of rotatable bonds is 8. The highest BCUT2D eigenvalue weighted by atomic mass is 35.5. The third-order valence-electron chi connectivity index (χ3n) is 3.25. The minimum Gasteiger partial charge on any atom is -0.481 e. The Kier molecular flexibility index (Phi) is 7.67. The van der Waals surface area contributed by atoms with Crippen molar-refractivity contribution in [2.45, 2.75) is 30.7 Å². The maximum Gasteiger partial charge on any atom is 0.316 e. The van der Waals surface area contributed by atoms with Gasteiger partial charge in [0.15, 0.2) is 10.4 Å². The maximum atomic E-state index is 12.4. The molecule has 1 amide bonds. The second-order valence-corrected chi connectivity index (χ2v) is 7.76. The van der Waals surface area contributed by atoms with Crippen molar-refractivity contribution in [1.82, 2.24) is 10.2 Å². The monoisotopic (exact) mass is 415 g/mol. The lowest BCUT2D eigenvalue weighted by Crippen LogP contribution is -2.32. The van der Waals surface area contributed by atoms with Gasteiger partial charge in [-0.25, -0.2) is 0 Å². The molecule has 0 spiro atoms. The summed E-state index contributed by atoms with van der Waals surface area (Å²) in [6.07, 6.45) is -0.193. The van der Waals surface area contributed by atoms with Gasteiger partial charge in [-0.15, -0.1) is 10.2 Å². The van der Waals surface area contributed by atoms with Gasteiger partial charge in [0, 0.05) is 5.02 Å². The molecule has 0 radical (unpaired) electrons. The van der Waals surface area contributed by atoms with Gasteiger partial charge >= 0.3 is 5.97 Å². The van der Waals surface area contributed by atoms with Crippen LogP contribution >= 0.6 is 34.7 Å². The highest BCUT2D eigenvalue weighted by molar-refractivity contribution is 8.01. The molecular weight excluding hydrogens is 398 g/mol. The molecule has 0 saturated heterocycles. The summed E-state index contributed by atoms with van der Waals surface area (Å²) in [5.74, 6) is 0.0325. The molecule has 2 rings (SSSR count). The van der Waals surface area contributed by atoms with Crippen LogP contribution in [0.3, 0.4) is 0 Å². The Morgan fingerprint density at radius 1 is 1.38 bits per heavy atom. The highest BCUT2D eigenvalue weighted by Gasteiger charge is 2.20. The number of hydrogen-bond donors (Lipinski definition) is 1. The van der Waals surface area contributed by atoms with E-state index in [0.29, 0.717) is 26.7 Å². The van der Waals surface area contributed by atoms with Crippen LogP contribution in [0.4, 0.5) is 5.13 Å². The van der Waals surface area contributed by atoms with Gasteiger partial charge in [0.05, 0.1) is 12.9 Å². The number of benzene rings is 1. The SMILES string of the molecule is CCC(Oc1ccc(Cl)c(C)c1)C(=O)Nc1nnc(SCC(=O)OC)s1. The first kappa shape index (κ1) is 20.5. The number of thioether (sulfide) groups is 1. The Labute approximate surface area is 164 Å². The zero-order chi connectivity index (χ0) is 19.1. The van der Waals surface area contributed by atoms with Gasteiger partial charge in [-0.1, -0.05) is 41.6 Å². The van der Waals surface area contributed by atoms with E-state index >= 15 is 0 Å². The van der Waals surface area contributed by atoms with Crippen molar-refractivity contribution in [3.05, 3.63) is 28.8 Å². The largest absolute Gasteiger partial charge is 0.481 e. The Bertz CT molecular complexity index is 785. The van der Waals surface area contributed by atoms with E-state index in [9.17, 15) is 9.59 Å². The minimum atomic E-state index is -0.675. The van der Waals surface area contributed by atoms with E-state index in [1.807, 2.05) is 13.8 Å². The number of carbonyl (C=O) groups excluding carboxylic acids is 2. The molecule has 0 aliphatic heterocycles. The first-order chi connectivity index (χ1) is 12.4. The predicted molar refractivity (Wildman–Crippen MR) is 102 cm³/mol. The van der Waals surface area contributed by atoms with E-state index in [4.69, 9.17) is 16.3 Å². The summed E-state index contributed by atoms with van der Waals surface area (Å²) in [4.78, 5) is 23.6. The summed E-state index contributed by atoms with van der Waals surface area (Å²) in [6.45, 7) is 3.72. The standard InChI is InChI=1S/C16H18ClN3O4S2/c1-4-12(24-10-5-6-11(17)9(2)7-10)14(22)18-15-19-20-16(26-15)25-8-13(21)23-3/h5-7,12H,4,8H2,1-3H3,(H,18,19,22). The van der Waals surface area contributed by atoms with Crippen molar-refractivity contribution in [1.29, 1.82) is 0 Å². The average Bonchev–Trinajstić information content (AvgIpc) is 3.07. The number of halogens is 1. The molecule has 0 fully saturated rings. The Morgan fingerprint density at radius 2 is 2.15 bits per heavy atom. The second-order valence-electron chi connectivity index (χ2n) is 5.15. The third kappa shape index (κ3) is 5.86. The fourth-order valence-corrected chi connectivity index (χ4v) is 3.57. The fourth-order valence-electron chi connectivity index (χ4n) is 1.86. The number of carbonyl (C=O) groups is 2. The van der Waals surface area contributed by atoms with Crippen LogP contribution in [0.25, 0.3) is 0 Å². The molecule has 1 atom stereocenters. The number of aromatic nitrogens is 2. The van der Waals surface area contributed by atoms with Crippen molar-refractivity contribution in [3.8, 4) is 5.75 Å². The summed E-state index contributed by atoms with van der Waals surface area (Å²) < 4.78 is 10.9. The molecule has 7 nitrogen and oxygen atoms in total. The van der Waals surface area contributed by atoms with Gasteiger partial charge in [0.1, 0.15) is 5.75 Å². The summed E-state index contributed by atoms with van der Waals surface area (Å²) in [6, 6.07) is 5.23. The van der Waals surface area contributed by atoms with Crippen LogP contribution < -0.4 is 10.1 Å². The topological polar surface area (TPSA) is 90.4 Å². The van der Waals surface area contributed by atoms with E-state index in [1.54, 1.807) is 18.2 Å².